The molecule has 0 aliphatic rings. The van der Waals surface area contributed by atoms with E-state index in [2.05, 4.69) is 35.4 Å². The van der Waals surface area contributed by atoms with Gasteiger partial charge in [-0.25, -0.2) is 0 Å². The first kappa shape index (κ1) is 13.6. The summed E-state index contributed by atoms with van der Waals surface area (Å²) < 4.78 is 5.57. The average Bonchev–Trinajstić information content (AvgIpc) is 2.43. The van der Waals surface area contributed by atoms with Gasteiger partial charge < -0.3 is 10.1 Å². The highest BCUT2D eigenvalue weighted by atomic mass is 16.5. The van der Waals surface area contributed by atoms with Crippen molar-refractivity contribution in [3.05, 3.63) is 59.4 Å². The van der Waals surface area contributed by atoms with E-state index in [4.69, 9.17) is 4.74 Å². The number of hydrogen-bond donors (Lipinski definition) is 1. The fourth-order valence-electron chi connectivity index (χ4n) is 2.26. The van der Waals surface area contributed by atoms with Gasteiger partial charge in [0.25, 0.3) is 0 Å². The Kier molecular flexibility index (Phi) is 4.53. The second-order valence-corrected chi connectivity index (χ2v) is 4.46. The molecular formula is C16H20N2O. The summed E-state index contributed by atoms with van der Waals surface area (Å²) in [4.78, 5) is 4.15. The largest absolute Gasteiger partial charge is 0.494 e. The van der Waals surface area contributed by atoms with Gasteiger partial charge in [0, 0.05) is 12.4 Å². The predicted molar refractivity (Wildman–Crippen MR) is 77.5 cm³/mol. The summed E-state index contributed by atoms with van der Waals surface area (Å²) in [5.41, 5.74) is 3.62. The molecule has 3 nitrogen and oxygen atoms in total. The molecule has 19 heavy (non-hydrogen) atoms. The molecule has 1 atom stereocenters. The quantitative estimate of drug-likeness (QED) is 0.892. The Bertz CT molecular complexity index is 540. The first-order valence-electron chi connectivity index (χ1n) is 6.56. The van der Waals surface area contributed by atoms with E-state index < -0.39 is 0 Å². The van der Waals surface area contributed by atoms with Crippen molar-refractivity contribution in [1.29, 1.82) is 0 Å². The second-order valence-electron chi connectivity index (χ2n) is 4.46. The highest BCUT2D eigenvalue weighted by Gasteiger charge is 2.14. The molecule has 0 bridgehead atoms. The van der Waals surface area contributed by atoms with Crippen molar-refractivity contribution in [3.8, 4) is 5.75 Å². The van der Waals surface area contributed by atoms with Crippen LogP contribution in [0, 0.1) is 6.92 Å². The Morgan fingerprint density at radius 1 is 1.32 bits per heavy atom. The SMILES string of the molecule is CCOc1cccc(C(NC)c2ccncc2C)c1. The zero-order chi connectivity index (χ0) is 13.7. The lowest BCUT2D eigenvalue weighted by atomic mass is 9.96. The van der Waals surface area contributed by atoms with Gasteiger partial charge in [-0.3, -0.25) is 4.98 Å². The molecule has 0 aliphatic heterocycles. The van der Waals surface area contributed by atoms with Crippen LogP contribution in [0.1, 0.15) is 29.7 Å². The number of nitrogens with zero attached hydrogens (tertiary/aromatic N) is 1. The molecule has 3 heteroatoms. The lowest BCUT2D eigenvalue weighted by molar-refractivity contribution is 0.339. The Hall–Kier alpha value is -1.87. The molecule has 0 radical (unpaired) electrons. The third-order valence-electron chi connectivity index (χ3n) is 3.17. The highest BCUT2D eigenvalue weighted by Crippen LogP contribution is 2.26. The van der Waals surface area contributed by atoms with Crippen LogP contribution >= 0.6 is 0 Å². The van der Waals surface area contributed by atoms with E-state index in [1.807, 2.05) is 38.5 Å². The molecule has 2 aromatic rings. The van der Waals surface area contributed by atoms with Gasteiger partial charge in [-0.1, -0.05) is 12.1 Å². The Labute approximate surface area is 114 Å². The lowest BCUT2D eigenvalue weighted by Gasteiger charge is -2.19. The van der Waals surface area contributed by atoms with Crippen molar-refractivity contribution >= 4 is 0 Å². The van der Waals surface area contributed by atoms with Crippen molar-refractivity contribution in [2.75, 3.05) is 13.7 Å². The molecule has 2 rings (SSSR count). The molecular weight excluding hydrogens is 236 g/mol. The monoisotopic (exact) mass is 256 g/mol. The summed E-state index contributed by atoms with van der Waals surface area (Å²) in [7, 11) is 1.97. The number of aryl methyl sites for hydroxylation is 1. The number of benzene rings is 1. The van der Waals surface area contributed by atoms with Crippen LogP contribution in [-0.2, 0) is 0 Å². The Morgan fingerprint density at radius 3 is 2.84 bits per heavy atom. The minimum Gasteiger partial charge on any atom is -0.494 e. The fourth-order valence-corrected chi connectivity index (χ4v) is 2.26. The van der Waals surface area contributed by atoms with Gasteiger partial charge in [0.1, 0.15) is 5.75 Å². The van der Waals surface area contributed by atoms with Crippen LogP contribution in [0.2, 0.25) is 0 Å². The van der Waals surface area contributed by atoms with Crippen molar-refractivity contribution < 1.29 is 4.74 Å². The van der Waals surface area contributed by atoms with Crippen LogP contribution in [-0.4, -0.2) is 18.6 Å². The number of nitrogens with one attached hydrogen (secondary N) is 1. The molecule has 1 aromatic heterocycles. The van der Waals surface area contributed by atoms with Crippen molar-refractivity contribution in [3.63, 3.8) is 0 Å². The van der Waals surface area contributed by atoms with Gasteiger partial charge in [0.2, 0.25) is 0 Å². The van der Waals surface area contributed by atoms with E-state index in [0.29, 0.717) is 6.61 Å². The van der Waals surface area contributed by atoms with Crippen LogP contribution < -0.4 is 10.1 Å². The summed E-state index contributed by atoms with van der Waals surface area (Å²) in [6.07, 6.45) is 3.73. The molecule has 0 saturated heterocycles. The molecule has 100 valence electrons. The summed E-state index contributed by atoms with van der Waals surface area (Å²) >= 11 is 0. The molecule has 0 amide bonds. The second kappa shape index (κ2) is 6.34. The zero-order valence-corrected chi connectivity index (χ0v) is 11.7. The predicted octanol–water partition coefficient (Wildman–Crippen LogP) is 3.10. The number of hydrogen-bond acceptors (Lipinski definition) is 3. The maximum atomic E-state index is 5.57. The lowest BCUT2D eigenvalue weighted by Crippen LogP contribution is -2.18. The van der Waals surface area contributed by atoms with Gasteiger partial charge in [0.05, 0.1) is 12.6 Å². The number of pyridine rings is 1. The van der Waals surface area contributed by atoms with Crippen molar-refractivity contribution in [2.45, 2.75) is 19.9 Å². The minimum absolute atomic E-state index is 0.156. The Balaban J connectivity index is 2.37. The molecule has 1 heterocycles. The first-order chi connectivity index (χ1) is 9.26. The maximum absolute atomic E-state index is 5.57. The maximum Gasteiger partial charge on any atom is 0.119 e. The summed E-state index contributed by atoms with van der Waals surface area (Å²) in [6.45, 7) is 4.76. The normalized spacial score (nSPS) is 12.2. The van der Waals surface area contributed by atoms with Crippen LogP contribution in [0.15, 0.2) is 42.7 Å². The molecule has 0 aliphatic carbocycles. The van der Waals surface area contributed by atoms with Crippen LogP contribution in [0.25, 0.3) is 0 Å². The van der Waals surface area contributed by atoms with E-state index >= 15 is 0 Å². The summed E-state index contributed by atoms with van der Waals surface area (Å²) in [5.74, 6) is 0.909. The van der Waals surface area contributed by atoms with E-state index in [1.54, 1.807) is 0 Å². The minimum atomic E-state index is 0.156. The number of ether oxygens (including phenoxy) is 1. The molecule has 1 unspecified atom stereocenters. The van der Waals surface area contributed by atoms with Gasteiger partial charge in [-0.2, -0.15) is 0 Å². The highest BCUT2D eigenvalue weighted by molar-refractivity contribution is 5.38. The van der Waals surface area contributed by atoms with E-state index in [0.717, 1.165) is 5.75 Å². The Morgan fingerprint density at radius 2 is 2.16 bits per heavy atom. The van der Waals surface area contributed by atoms with E-state index in [9.17, 15) is 0 Å². The van der Waals surface area contributed by atoms with Crippen molar-refractivity contribution in [1.82, 2.24) is 10.3 Å². The van der Waals surface area contributed by atoms with E-state index in [1.165, 1.54) is 16.7 Å². The van der Waals surface area contributed by atoms with Gasteiger partial charge >= 0.3 is 0 Å². The molecule has 0 spiro atoms. The summed E-state index contributed by atoms with van der Waals surface area (Å²) in [5, 5.41) is 3.36. The fraction of sp³-hybridized carbons (Fsp3) is 0.312. The van der Waals surface area contributed by atoms with Crippen LogP contribution in [0.3, 0.4) is 0 Å². The molecule has 1 aromatic carbocycles. The van der Waals surface area contributed by atoms with Crippen molar-refractivity contribution in [2.24, 2.45) is 0 Å². The zero-order valence-electron chi connectivity index (χ0n) is 11.7. The third-order valence-corrected chi connectivity index (χ3v) is 3.17. The summed E-state index contributed by atoms with van der Waals surface area (Å²) in [6, 6.07) is 10.4. The van der Waals surface area contributed by atoms with Gasteiger partial charge in [-0.05, 0) is 55.8 Å². The molecule has 0 fully saturated rings. The third kappa shape index (κ3) is 3.12. The number of rotatable bonds is 5. The first-order valence-corrected chi connectivity index (χ1v) is 6.56. The van der Waals surface area contributed by atoms with Crippen LogP contribution in [0.4, 0.5) is 0 Å². The van der Waals surface area contributed by atoms with Gasteiger partial charge in [-0.15, -0.1) is 0 Å². The topological polar surface area (TPSA) is 34.1 Å². The number of aromatic nitrogens is 1. The standard InChI is InChI=1S/C16H20N2O/c1-4-19-14-7-5-6-13(10-14)16(17-3)15-8-9-18-11-12(15)2/h5-11,16-17H,4H2,1-3H3. The van der Waals surface area contributed by atoms with E-state index in [-0.39, 0.29) is 6.04 Å². The van der Waals surface area contributed by atoms with Crippen LogP contribution in [0.5, 0.6) is 5.75 Å². The molecule has 0 saturated carbocycles. The smallest absolute Gasteiger partial charge is 0.119 e. The van der Waals surface area contributed by atoms with Gasteiger partial charge in [0.15, 0.2) is 0 Å². The molecule has 1 N–H and O–H groups in total. The average molecular weight is 256 g/mol.